The van der Waals surface area contributed by atoms with Crippen molar-refractivity contribution in [2.45, 2.75) is 18.4 Å². The SMILES string of the molecule is COc1cc(CNC(=O)CN(c2ccc(Br)cc2)S(=O)(=O)c2ccc(C)cc2)cc(OC)c1OC. The van der Waals surface area contributed by atoms with Crippen LogP contribution in [0.15, 0.2) is 70.0 Å². The topological polar surface area (TPSA) is 94.2 Å². The first kappa shape index (κ1) is 26.4. The number of ether oxygens (including phenoxy) is 3. The van der Waals surface area contributed by atoms with Gasteiger partial charge in [0, 0.05) is 11.0 Å². The zero-order valence-electron chi connectivity index (χ0n) is 19.9. The Balaban J connectivity index is 1.85. The summed E-state index contributed by atoms with van der Waals surface area (Å²) >= 11 is 3.36. The smallest absolute Gasteiger partial charge is 0.264 e. The van der Waals surface area contributed by atoms with E-state index in [0.29, 0.717) is 28.5 Å². The first-order chi connectivity index (χ1) is 16.7. The monoisotopic (exact) mass is 562 g/mol. The Kier molecular flexibility index (Phi) is 8.63. The van der Waals surface area contributed by atoms with E-state index in [1.54, 1.807) is 48.5 Å². The summed E-state index contributed by atoms with van der Waals surface area (Å²) in [5, 5.41) is 2.78. The fourth-order valence-corrected chi connectivity index (χ4v) is 5.07. The lowest BCUT2D eigenvalue weighted by Crippen LogP contribution is -2.40. The Morgan fingerprint density at radius 3 is 2.00 bits per heavy atom. The van der Waals surface area contributed by atoms with Crippen molar-refractivity contribution in [2.24, 2.45) is 0 Å². The minimum Gasteiger partial charge on any atom is -0.493 e. The van der Waals surface area contributed by atoms with Gasteiger partial charge in [-0.05, 0) is 61.0 Å². The summed E-state index contributed by atoms with van der Waals surface area (Å²) in [7, 11) is 0.527. The average Bonchev–Trinajstić information content (AvgIpc) is 2.86. The standard InChI is InChI=1S/C25H27BrN2O6S/c1-17-5-11-21(12-6-17)35(30,31)28(20-9-7-19(26)8-10-20)16-24(29)27-15-18-13-22(32-2)25(34-4)23(14-18)33-3/h5-14H,15-16H2,1-4H3,(H,27,29). The van der Waals surface area contributed by atoms with E-state index in [1.807, 2.05) is 6.92 Å². The van der Waals surface area contributed by atoms with E-state index in [1.165, 1.54) is 33.5 Å². The van der Waals surface area contributed by atoms with Crippen molar-refractivity contribution in [1.82, 2.24) is 5.32 Å². The number of aryl methyl sites for hydroxylation is 1. The molecule has 0 aliphatic heterocycles. The number of hydrogen-bond acceptors (Lipinski definition) is 6. The molecule has 0 aliphatic rings. The summed E-state index contributed by atoms with van der Waals surface area (Å²) in [6, 6.07) is 16.7. The van der Waals surface area contributed by atoms with Crippen LogP contribution < -0.4 is 23.8 Å². The van der Waals surface area contributed by atoms with Crippen LogP contribution in [0.2, 0.25) is 0 Å². The molecule has 0 unspecified atom stereocenters. The molecule has 10 heteroatoms. The van der Waals surface area contributed by atoms with E-state index < -0.39 is 22.5 Å². The van der Waals surface area contributed by atoms with Gasteiger partial charge in [0.25, 0.3) is 10.0 Å². The van der Waals surface area contributed by atoms with Crippen LogP contribution in [-0.2, 0) is 21.4 Å². The molecule has 0 aliphatic carbocycles. The summed E-state index contributed by atoms with van der Waals surface area (Å²) in [5.74, 6) is 0.872. The van der Waals surface area contributed by atoms with Gasteiger partial charge >= 0.3 is 0 Å². The Bertz CT molecular complexity index is 1250. The number of benzene rings is 3. The van der Waals surface area contributed by atoms with Crippen molar-refractivity contribution in [3.05, 3.63) is 76.3 Å². The van der Waals surface area contributed by atoms with Crippen LogP contribution >= 0.6 is 15.9 Å². The third kappa shape index (κ3) is 6.26. The van der Waals surface area contributed by atoms with Crippen molar-refractivity contribution in [3.63, 3.8) is 0 Å². The predicted octanol–water partition coefficient (Wildman–Crippen LogP) is 4.30. The molecule has 186 valence electrons. The number of nitrogens with zero attached hydrogens (tertiary/aromatic N) is 1. The Morgan fingerprint density at radius 1 is 0.914 bits per heavy atom. The zero-order valence-corrected chi connectivity index (χ0v) is 22.3. The van der Waals surface area contributed by atoms with Crippen molar-refractivity contribution in [2.75, 3.05) is 32.2 Å². The molecule has 1 amide bonds. The molecule has 0 bridgehead atoms. The molecule has 0 saturated carbocycles. The lowest BCUT2D eigenvalue weighted by molar-refractivity contribution is -0.119. The van der Waals surface area contributed by atoms with E-state index in [0.717, 1.165) is 14.3 Å². The van der Waals surface area contributed by atoms with E-state index >= 15 is 0 Å². The molecule has 0 heterocycles. The van der Waals surface area contributed by atoms with Crippen LogP contribution in [0.4, 0.5) is 5.69 Å². The van der Waals surface area contributed by atoms with Gasteiger partial charge in [-0.1, -0.05) is 33.6 Å². The Hall–Kier alpha value is -3.24. The van der Waals surface area contributed by atoms with Gasteiger partial charge in [-0.15, -0.1) is 0 Å². The number of nitrogens with one attached hydrogen (secondary N) is 1. The van der Waals surface area contributed by atoms with Gasteiger partial charge in [0.1, 0.15) is 6.54 Å². The van der Waals surface area contributed by atoms with Crippen LogP contribution in [-0.4, -0.2) is 42.2 Å². The van der Waals surface area contributed by atoms with Crippen LogP contribution in [0.1, 0.15) is 11.1 Å². The first-order valence-corrected chi connectivity index (χ1v) is 12.8. The molecule has 8 nitrogen and oxygen atoms in total. The number of sulfonamides is 1. The van der Waals surface area contributed by atoms with Gasteiger partial charge in [-0.3, -0.25) is 9.10 Å². The number of halogens is 1. The van der Waals surface area contributed by atoms with E-state index in [4.69, 9.17) is 14.2 Å². The average molecular weight is 563 g/mol. The first-order valence-electron chi connectivity index (χ1n) is 10.6. The molecule has 0 spiro atoms. The van der Waals surface area contributed by atoms with Gasteiger partial charge < -0.3 is 19.5 Å². The number of hydrogen-bond donors (Lipinski definition) is 1. The molecule has 0 saturated heterocycles. The van der Waals surface area contributed by atoms with E-state index in [9.17, 15) is 13.2 Å². The second kappa shape index (κ2) is 11.5. The largest absolute Gasteiger partial charge is 0.493 e. The molecule has 0 atom stereocenters. The third-order valence-electron chi connectivity index (χ3n) is 5.22. The number of methoxy groups -OCH3 is 3. The molecular weight excluding hydrogens is 536 g/mol. The summed E-state index contributed by atoms with van der Waals surface area (Å²) in [5.41, 5.74) is 2.00. The highest BCUT2D eigenvalue weighted by atomic mass is 79.9. The lowest BCUT2D eigenvalue weighted by atomic mass is 10.1. The maximum Gasteiger partial charge on any atom is 0.264 e. The van der Waals surface area contributed by atoms with Crippen molar-refractivity contribution >= 4 is 37.5 Å². The van der Waals surface area contributed by atoms with Crippen LogP contribution in [0.5, 0.6) is 17.2 Å². The highest BCUT2D eigenvalue weighted by Gasteiger charge is 2.27. The highest BCUT2D eigenvalue weighted by molar-refractivity contribution is 9.10. The number of carbonyl (C=O) groups is 1. The number of anilines is 1. The highest BCUT2D eigenvalue weighted by Crippen LogP contribution is 2.38. The molecule has 1 N–H and O–H groups in total. The maximum absolute atomic E-state index is 13.5. The zero-order chi connectivity index (χ0) is 25.6. The van der Waals surface area contributed by atoms with Crippen LogP contribution in [0.3, 0.4) is 0 Å². The Morgan fingerprint density at radius 2 is 1.49 bits per heavy atom. The van der Waals surface area contributed by atoms with E-state index in [-0.39, 0.29) is 11.4 Å². The van der Waals surface area contributed by atoms with Crippen molar-refractivity contribution in [3.8, 4) is 17.2 Å². The summed E-state index contributed by atoms with van der Waals surface area (Å²) in [6.45, 7) is 1.61. The van der Waals surface area contributed by atoms with Crippen LogP contribution in [0, 0.1) is 6.92 Å². The van der Waals surface area contributed by atoms with Gasteiger partial charge in [0.15, 0.2) is 11.5 Å². The molecule has 3 aromatic carbocycles. The number of carbonyl (C=O) groups excluding carboxylic acids is 1. The fourth-order valence-electron chi connectivity index (χ4n) is 3.38. The van der Waals surface area contributed by atoms with Gasteiger partial charge in [-0.2, -0.15) is 0 Å². The maximum atomic E-state index is 13.5. The van der Waals surface area contributed by atoms with Crippen molar-refractivity contribution in [1.29, 1.82) is 0 Å². The van der Waals surface area contributed by atoms with Gasteiger partial charge in [0.2, 0.25) is 11.7 Å². The molecule has 0 aromatic heterocycles. The second-order valence-corrected chi connectivity index (χ2v) is 10.4. The molecule has 35 heavy (non-hydrogen) atoms. The quantitative estimate of drug-likeness (QED) is 0.396. The Labute approximate surface area is 214 Å². The summed E-state index contributed by atoms with van der Waals surface area (Å²) in [6.07, 6.45) is 0. The minimum absolute atomic E-state index is 0.100. The number of rotatable bonds is 10. The lowest BCUT2D eigenvalue weighted by Gasteiger charge is -2.24. The molecule has 3 rings (SSSR count). The summed E-state index contributed by atoms with van der Waals surface area (Å²) in [4.78, 5) is 13.0. The molecular formula is C25H27BrN2O6S. The van der Waals surface area contributed by atoms with Gasteiger partial charge in [-0.25, -0.2) is 8.42 Å². The molecule has 0 fully saturated rings. The second-order valence-electron chi connectivity index (χ2n) is 7.61. The molecule has 3 aromatic rings. The van der Waals surface area contributed by atoms with E-state index in [2.05, 4.69) is 21.2 Å². The third-order valence-corrected chi connectivity index (χ3v) is 7.54. The number of amides is 1. The van der Waals surface area contributed by atoms with Crippen LogP contribution in [0.25, 0.3) is 0 Å². The molecule has 0 radical (unpaired) electrons. The van der Waals surface area contributed by atoms with Crippen molar-refractivity contribution < 1.29 is 27.4 Å². The normalized spacial score (nSPS) is 11.0. The van der Waals surface area contributed by atoms with Gasteiger partial charge in [0.05, 0.1) is 31.9 Å². The predicted molar refractivity (Wildman–Crippen MR) is 138 cm³/mol. The fraction of sp³-hybridized carbons (Fsp3) is 0.240. The minimum atomic E-state index is -3.99. The summed E-state index contributed by atoms with van der Waals surface area (Å²) < 4.78 is 44.8.